The Bertz CT molecular complexity index is 2210. The van der Waals surface area contributed by atoms with Crippen LogP contribution >= 0.6 is 0 Å². The molecule has 0 bridgehead atoms. The molecule has 2 nitrogen and oxygen atoms in total. The summed E-state index contributed by atoms with van der Waals surface area (Å²) in [5, 5.41) is 2.45. The highest BCUT2D eigenvalue weighted by molar-refractivity contribution is 5.98. The van der Waals surface area contributed by atoms with Gasteiger partial charge in [-0.05, 0) is 75.0 Å². The second-order valence-electron chi connectivity index (χ2n) is 11.5. The van der Waals surface area contributed by atoms with Crippen LogP contribution in [0.2, 0.25) is 0 Å². The average molecular weight is 587 g/mol. The summed E-state index contributed by atoms with van der Waals surface area (Å²) in [7, 11) is 0. The van der Waals surface area contributed by atoms with Crippen LogP contribution in [0.5, 0.6) is 0 Å². The molecule has 0 spiro atoms. The number of rotatable bonds is 6. The standard InChI is InChI=1S/C44H30N2/c1-4-13-31(14-5-1)35-23-24-42(45-30-35)39-26-36(25-38(27-39)41-22-12-20-32-15-10-11-21-40(32)41)37-28-43(33-16-6-2-7-17-33)46-44(29-37)34-18-8-3-9-19-34/h1-30H. The number of aromatic nitrogens is 2. The topological polar surface area (TPSA) is 25.8 Å². The van der Waals surface area contributed by atoms with Gasteiger partial charge in [-0.1, -0.05) is 140 Å². The Kier molecular flexibility index (Phi) is 7.22. The first-order chi connectivity index (χ1) is 22.8. The van der Waals surface area contributed by atoms with Gasteiger partial charge in [-0.2, -0.15) is 0 Å². The first-order valence-electron chi connectivity index (χ1n) is 15.6. The highest BCUT2D eigenvalue weighted by Crippen LogP contribution is 2.38. The Morgan fingerprint density at radius 3 is 1.50 bits per heavy atom. The second-order valence-corrected chi connectivity index (χ2v) is 11.5. The van der Waals surface area contributed by atoms with Gasteiger partial charge >= 0.3 is 0 Å². The number of benzene rings is 6. The van der Waals surface area contributed by atoms with Crippen LogP contribution in [0.25, 0.3) is 77.9 Å². The van der Waals surface area contributed by atoms with Crippen LogP contribution in [0.4, 0.5) is 0 Å². The third-order valence-corrected chi connectivity index (χ3v) is 8.50. The Labute approximate surface area is 269 Å². The predicted molar refractivity (Wildman–Crippen MR) is 192 cm³/mol. The lowest BCUT2D eigenvalue weighted by Gasteiger charge is -2.15. The van der Waals surface area contributed by atoms with Gasteiger partial charge in [0.25, 0.3) is 0 Å². The smallest absolute Gasteiger partial charge is 0.0715 e. The largest absolute Gasteiger partial charge is 0.256 e. The van der Waals surface area contributed by atoms with E-state index in [0.29, 0.717) is 0 Å². The summed E-state index contributed by atoms with van der Waals surface area (Å²) in [5.74, 6) is 0. The van der Waals surface area contributed by atoms with Gasteiger partial charge in [-0.3, -0.25) is 4.98 Å². The summed E-state index contributed by atoms with van der Waals surface area (Å²) in [5.41, 5.74) is 12.9. The van der Waals surface area contributed by atoms with E-state index >= 15 is 0 Å². The Balaban J connectivity index is 1.34. The van der Waals surface area contributed by atoms with Gasteiger partial charge < -0.3 is 0 Å². The fourth-order valence-corrected chi connectivity index (χ4v) is 6.15. The Hall–Kier alpha value is -6.12. The molecule has 0 saturated heterocycles. The van der Waals surface area contributed by atoms with E-state index < -0.39 is 0 Å². The van der Waals surface area contributed by atoms with Gasteiger partial charge in [0.1, 0.15) is 0 Å². The molecule has 6 aromatic carbocycles. The van der Waals surface area contributed by atoms with Crippen molar-refractivity contribution in [1.29, 1.82) is 0 Å². The van der Waals surface area contributed by atoms with Crippen LogP contribution in [0.3, 0.4) is 0 Å². The van der Waals surface area contributed by atoms with Crippen molar-refractivity contribution in [2.45, 2.75) is 0 Å². The van der Waals surface area contributed by atoms with Gasteiger partial charge in [0.2, 0.25) is 0 Å². The number of pyridine rings is 2. The van der Waals surface area contributed by atoms with Crippen molar-refractivity contribution in [3.63, 3.8) is 0 Å². The molecule has 0 aliphatic carbocycles. The summed E-state index contributed by atoms with van der Waals surface area (Å²) in [6, 6.07) is 61.9. The maximum absolute atomic E-state index is 5.13. The van der Waals surface area contributed by atoms with E-state index in [1.54, 1.807) is 0 Å². The van der Waals surface area contributed by atoms with Gasteiger partial charge in [0.05, 0.1) is 17.1 Å². The number of nitrogens with zero attached hydrogens (tertiary/aromatic N) is 2. The molecular formula is C44H30N2. The molecule has 0 unspecified atom stereocenters. The molecule has 0 aliphatic heterocycles. The molecule has 0 amide bonds. The maximum Gasteiger partial charge on any atom is 0.0715 e. The lowest BCUT2D eigenvalue weighted by molar-refractivity contribution is 1.32. The SMILES string of the molecule is c1ccc(-c2ccc(-c3cc(-c4cc(-c5ccccc5)nc(-c5ccccc5)c4)cc(-c4cccc5ccccc45)c3)nc2)cc1. The predicted octanol–water partition coefficient (Wildman–Crippen LogP) is 11.6. The average Bonchev–Trinajstić information content (AvgIpc) is 3.15. The summed E-state index contributed by atoms with van der Waals surface area (Å²) >= 11 is 0. The number of hydrogen-bond acceptors (Lipinski definition) is 2. The molecule has 0 N–H and O–H groups in total. The third kappa shape index (κ3) is 5.49. The van der Waals surface area contributed by atoms with E-state index in [1.807, 2.05) is 24.4 Å². The first kappa shape index (κ1) is 27.4. The van der Waals surface area contributed by atoms with Gasteiger partial charge in [0.15, 0.2) is 0 Å². The molecule has 46 heavy (non-hydrogen) atoms. The zero-order valence-corrected chi connectivity index (χ0v) is 25.2. The van der Waals surface area contributed by atoms with E-state index in [1.165, 1.54) is 16.3 Å². The van der Waals surface area contributed by atoms with Crippen molar-refractivity contribution in [1.82, 2.24) is 9.97 Å². The lowest BCUT2D eigenvalue weighted by Crippen LogP contribution is -1.93. The lowest BCUT2D eigenvalue weighted by atomic mass is 9.91. The van der Waals surface area contributed by atoms with E-state index in [9.17, 15) is 0 Å². The fraction of sp³-hybridized carbons (Fsp3) is 0. The van der Waals surface area contributed by atoms with Crippen LogP contribution in [0.1, 0.15) is 0 Å². The molecule has 0 fully saturated rings. The second kappa shape index (κ2) is 12.1. The minimum Gasteiger partial charge on any atom is -0.256 e. The molecule has 0 atom stereocenters. The van der Waals surface area contributed by atoms with Crippen molar-refractivity contribution in [2.75, 3.05) is 0 Å². The monoisotopic (exact) mass is 586 g/mol. The molecule has 0 aliphatic rings. The van der Waals surface area contributed by atoms with Crippen molar-refractivity contribution in [3.8, 4) is 67.2 Å². The van der Waals surface area contributed by atoms with Crippen LogP contribution in [0, 0.1) is 0 Å². The highest BCUT2D eigenvalue weighted by Gasteiger charge is 2.14. The third-order valence-electron chi connectivity index (χ3n) is 8.50. The molecule has 216 valence electrons. The first-order valence-corrected chi connectivity index (χ1v) is 15.6. The minimum absolute atomic E-state index is 0.934. The normalized spacial score (nSPS) is 11.0. The number of fused-ring (bicyclic) bond motifs is 1. The summed E-state index contributed by atoms with van der Waals surface area (Å²) < 4.78 is 0. The summed E-state index contributed by atoms with van der Waals surface area (Å²) in [6.45, 7) is 0. The highest BCUT2D eigenvalue weighted by atomic mass is 14.7. The molecule has 2 heterocycles. The molecule has 2 heteroatoms. The van der Waals surface area contributed by atoms with Crippen molar-refractivity contribution >= 4 is 10.8 Å². The molecular weight excluding hydrogens is 556 g/mol. The van der Waals surface area contributed by atoms with Crippen LogP contribution < -0.4 is 0 Å². The Morgan fingerprint density at radius 2 is 0.848 bits per heavy atom. The molecule has 8 rings (SSSR count). The van der Waals surface area contributed by atoms with E-state index in [0.717, 1.165) is 61.6 Å². The summed E-state index contributed by atoms with van der Waals surface area (Å²) in [4.78, 5) is 10.1. The molecule has 8 aromatic rings. The van der Waals surface area contributed by atoms with Crippen LogP contribution in [-0.4, -0.2) is 9.97 Å². The molecule has 0 saturated carbocycles. The zero-order chi connectivity index (χ0) is 30.7. The fourth-order valence-electron chi connectivity index (χ4n) is 6.15. The maximum atomic E-state index is 5.13. The molecule has 2 aromatic heterocycles. The van der Waals surface area contributed by atoms with Crippen molar-refractivity contribution in [3.05, 3.63) is 182 Å². The zero-order valence-electron chi connectivity index (χ0n) is 25.2. The van der Waals surface area contributed by atoms with Crippen molar-refractivity contribution in [2.24, 2.45) is 0 Å². The van der Waals surface area contributed by atoms with Gasteiger partial charge in [-0.25, -0.2) is 4.98 Å². The van der Waals surface area contributed by atoms with E-state index in [-0.39, 0.29) is 0 Å². The molecule has 0 radical (unpaired) electrons. The van der Waals surface area contributed by atoms with E-state index in [2.05, 4.69) is 158 Å². The quantitative estimate of drug-likeness (QED) is 0.194. The minimum atomic E-state index is 0.934. The van der Waals surface area contributed by atoms with Crippen LogP contribution in [0.15, 0.2) is 182 Å². The van der Waals surface area contributed by atoms with Crippen LogP contribution in [-0.2, 0) is 0 Å². The van der Waals surface area contributed by atoms with E-state index in [4.69, 9.17) is 9.97 Å². The Morgan fingerprint density at radius 1 is 0.304 bits per heavy atom. The van der Waals surface area contributed by atoms with Crippen molar-refractivity contribution < 1.29 is 0 Å². The number of hydrogen-bond donors (Lipinski definition) is 0. The summed E-state index contributed by atoms with van der Waals surface area (Å²) in [6.07, 6.45) is 1.97. The van der Waals surface area contributed by atoms with Gasteiger partial charge in [0, 0.05) is 28.5 Å². The van der Waals surface area contributed by atoms with Gasteiger partial charge in [-0.15, -0.1) is 0 Å².